The average molecular weight is 363 g/mol. The van der Waals surface area contributed by atoms with E-state index in [9.17, 15) is 14.4 Å². The topological polar surface area (TPSA) is 76.8 Å². The predicted octanol–water partition coefficient (Wildman–Crippen LogP) is 3.58. The molecule has 0 spiro atoms. The lowest BCUT2D eigenvalue weighted by atomic mass is 10.1. The van der Waals surface area contributed by atoms with Gasteiger partial charge >= 0.3 is 5.97 Å². The molecule has 3 aromatic rings. The minimum Gasteiger partial charge on any atom is -0.460 e. The average Bonchev–Trinajstić information content (AvgIpc) is 3.15. The van der Waals surface area contributed by atoms with Crippen molar-refractivity contribution in [3.8, 4) is 0 Å². The Bertz CT molecular complexity index is 1030. The molecule has 2 amide bonds. The molecule has 0 bridgehead atoms. The molecule has 0 N–H and O–H groups in total. The normalized spacial score (nSPS) is 13.3. The molecule has 2 heterocycles. The first-order valence-corrected chi connectivity index (χ1v) is 8.68. The van der Waals surface area contributed by atoms with Crippen LogP contribution in [0.15, 0.2) is 52.9 Å². The third-order valence-corrected chi connectivity index (χ3v) is 4.67. The molecule has 0 saturated heterocycles. The van der Waals surface area contributed by atoms with Crippen LogP contribution in [0.1, 0.15) is 43.3 Å². The van der Waals surface area contributed by atoms with Crippen molar-refractivity contribution in [2.24, 2.45) is 0 Å². The van der Waals surface area contributed by atoms with E-state index in [1.165, 1.54) is 4.90 Å². The number of ether oxygens (including phenoxy) is 1. The van der Waals surface area contributed by atoms with Crippen molar-refractivity contribution in [2.45, 2.75) is 13.3 Å². The summed E-state index contributed by atoms with van der Waals surface area (Å²) in [6, 6.07) is 14.1. The third-order valence-electron chi connectivity index (χ3n) is 4.67. The van der Waals surface area contributed by atoms with Crippen LogP contribution < -0.4 is 0 Å². The Kier molecular flexibility index (Phi) is 4.24. The Balaban J connectivity index is 1.35. The highest BCUT2D eigenvalue weighted by Crippen LogP contribution is 2.26. The maximum atomic E-state index is 12.3. The lowest BCUT2D eigenvalue weighted by molar-refractivity contribution is 0.0450. The third kappa shape index (κ3) is 2.89. The van der Waals surface area contributed by atoms with Gasteiger partial charge in [0.2, 0.25) is 5.76 Å². The number of rotatable bonds is 5. The standard InChI is InChI=1S/C21H17NO5/c1-13-14-7-4-5-10-17(14)27-18(13)21(25)26-12-6-11-22-19(23)15-8-2-3-9-16(15)20(22)24/h2-5,7-10H,6,11-12H2,1H3. The first-order chi connectivity index (χ1) is 13.1. The monoisotopic (exact) mass is 363 g/mol. The van der Waals surface area contributed by atoms with E-state index in [1.807, 2.05) is 18.2 Å². The van der Waals surface area contributed by atoms with E-state index < -0.39 is 5.97 Å². The highest BCUT2D eigenvalue weighted by molar-refractivity contribution is 6.21. The number of hydrogen-bond acceptors (Lipinski definition) is 5. The van der Waals surface area contributed by atoms with Gasteiger partial charge in [0.1, 0.15) is 5.58 Å². The van der Waals surface area contributed by atoms with Crippen LogP contribution in [0.4, 0.5) is 0 Å². The molecule has 6 nitrogen and oxygen atoms in total. The van der Waals surface area contributed by atoms with Crippen molar-refractivity contribution in [3.05, 3.63) is 71.0 Å². The Morgan fingerprint density at radius 1 is 1.00 bits per heavy atom. The van der Waals surface area contributed by atoms with Gasteiger partial charge in [-0.15, -0.1) is 0 Å². The van der Waals surface area contributed by atoms with Gasteiger partial charge in [0.15, 0.2) is 0 Å². The van der Waals surface area contributed by atoms with Gasteiger partial charge in [-0.05, 0) is 31.5 Å². The smallest absolute Gasteiger partial charge is 0.374 e. The lowest BCUT2D eigenvalue weighted by Crippen LogP contribution is -2.31. The molecule has 1 aliphatic rings. The number of aryl methyl sites for hydroxylation is 1. The van der Waals surface area contributed by atoms with Gasteiger partial charge < -0.3 is 9.15 Å². The van der Waals surface area contributed by atoms with Crippen molar-refractivity contribution in [2.75, 3.05) is 13.2 Å². The zero-order valence-electron chi connectivity index (χ0n) is 14.7. The molecule has 0 aliphatic carbocycles. The van der Waals surface area contributed by atoms with Gasteiger partial charge in [0.25, 0.3) is 11.8 Å². The molecule has 0 fully saturated rings. The number of furan rings is 1. The zero-order chi connectivity index (χ0) is 19.0. The van der Waals surface area contributed by atoms with Crippen molar-refractivity contribution >= 4 is 28.8 Å². The lowest BCUT2D eigenvalue weighted by Gasteiger charge is -2.13. The number of nitrogens with zero attached hydrogens (tertiary/aromatic N) is 1. The van der Waals surface area contributed by atoms with Gasteiger partial charge in [-0.3, -0.25) is 14.5 Å². The maximum Gasteiger partial charge on any atom is 0.374 e. The molecular weight excluding hydrogens is 346 g/mol. The fourth-order valence-corrected chi connectivity index (χ4v) is 3.26. The van der Waals surface area contributed by atoms with Crippen LogP contribution in [-0.4, -0.2) is 35.8 Å². The summed E-state index contributed by atoms with van der Waals surface area (Å²) in [6.45, 7) is 2.09. The van der Waals surface area contributed by atoms with Crippen LogP contribution in [0.25, 0.3) is 11.0 Å². The first-order valence-electron chi connectivity index (χ1n) is 8.68. The summed E-state index contributed by atoms with van der Waals surface area (Å²) in [5, 5.41) is 0.871. The minimum absolute atomic E-state index is 0.0860. The van der Waals surface area contributed by atoms with Crippen molar-refractivity contribution in [3.63, 3.8) is 0 Å². The van der Waals surface area contributed by atoms with Crippen molar-refractivity contribution in [1.82, 2.24) is 4.90 Å². The second-order valence-electron chi connectivity index (χ2n) is 6.35. The molecule has 2 aromatic carbocycles. The van der Waals surface area contributed by atoms with Gasteiger partial charge in [0.05, 0.1) is 17.7 Å². The fraction of sp³-hybridized carbons (Fsp3) is 0.190. The van der Waals surface area contributed by atoms with Gasteiger partial charge in [-0.25, -0.2) is 4.79 Å². The van der Waals surface area contributed by atoms with Gasteiger partial charge in [0, 0.05) is 17.5 Å². The summed E-state index contributed by atoms with van der Waals surface area (Å²) >= 11 is 0. The van der Waals surface area contributed by atoms with Gasteiger partial charge in [-0.1, -0.05) is 30.3 Å². The highest BCUT2D eigenvalue weighted by Gasteiger charge is 2.34. The molecule has 6 heteroatoms. The molecule has 4 rings (SSSR count). The second-order valence-corrected chi connectivity index (χ2v) is 6.35. The quantitative estimate of drug-likeness (QED) is 0.393. The number of fused-ring (bicyclic) bond motifs is 2. The molecule has 1 aromatic heterocycles. The number of esters is 1. The van der Waals surface area contributed by atoms with E-state index >= 15 is 0 Å². The van der Waals surface area contributed by atoms with Crippen LogP contribution >= 0.6 is 0 Å². The number of carbonyl (C=O) groups is 3. The van der Waals surface area contributed by atoms with E-state index in [2.05, 4.69) is 0 Å². The largest absolute Gasteiger partial charge is 0.460 e. The molecular formula is C21H17NO5. The van der Waals surface area contributed by atoms with E-state index in [4.69, 9.17) is 9.15 Å². The molecule has 0 atom stereocenters. The van der Waals surface area contributed by atoms with Crippen LogP contribution in [0.3, 0.4) is 0 Å². The number of benzene rings is 2. The summed E-state index contributed by atoms with van der Waals surface area (Å²) in [5.41, 5.74) is 2.19. The zero-order valence-corrected chi connectivity index (χ0v) is 14.7. The number of carbonyl (C=O) groups excluding carboxylic acids is 3. The SMILES string of the molecule is Cc1c(C(=O)OCCCN2C(=O)c3ccccc3C2=O)oc2ccccc12. The molecule has 0 radical (unpaired) electrons. The van der Waals surface area contributed by atoms with E-state index in [1.54, 1.807) is 37.3 Å². The summed E-state index contributed by atoms with van der Waals surface area (Å²) < 4.78 is 10.8. The minimum atomic E-state index is -0.550. The van der Waals surface area contributed by atoms with Crippen LogP contribution in [0, 0.1) is 6.92 Å². The number of para-hydroxylation sites is 1. The first kappa shape index (κ1) is 17.0. The Morgan fingerprint density at radius 2 is 1.63 bits per heavy atom. The molecule has 27 heavy (non-hydrogen) atoms. The van der Waals surface area contributed by atoms with Crippen LogP contribution in [-0.2, 0) is 4.74 Å². The Hall–Kier alpha value is -3.41. The Labute approximate surface area is 155 Å². The van der Waals surface area contributed by atoms with Crippen molar-refractivity contribution < 1.29 is 23.5 Å². The number of imide groups is 1. The molecule has 0 unspecified atom stereocenters. The summed E-state index contributed by atoms with van der Waals surface area (Å²) in [6.07, 6.45) is 0.358. The van der Waals surface area contributed by atoms with E-state index in [-0.39, 0.29) is 30.7 Å². The van der Waals surface area contributed by atoms with E-state index in [0.717, 1.165) is 10.9 Å². The summed E-state index contributed by atoms with van der Waals surface area (Å²) in [4.78, 5) is 38.0. The maximum absolute atomic E-state index is 12.3. The molecule has 1 aliphatic heterocycles. The summed E-state index contributed by atoms with van der Waals surface area (Å²) in [7, 11) is 0. The Morgan fingerprint density at radius 3 is 2.30 bits per heavy atom. The molecule has 136 valence electrons. The number of amides is 2. The molecule has 0 saturated carbocycles. The second kappa shape index (κ2) is 6.72. The van der Waals surface area contributed by atoms with Crippen molar-refractivity contribution in [1.29, 1.82) is 0 Å². The van der Waals surface area contributed by atoms with Gasteiger partial charge in [-0.2, -0.15) is 0 Å². The predicted molar refractivity (Wildman–Crippen MR) is 97.7 cm³/mol. The summed E-state index contributed by atoms with van der Waals surface area (Å²) in [5.74, 6) is -0.992. The highest BCUT2D eigenvalue weighted by atomic mass is 16.5. The number of hydrogen-bond donors (Lipinski definition) is 0. The van der Waals surface area contributed by atoms with Crippen LogP contribution in [0.5, 0.6) is 0 Å². The van der Waals surface area contributed by atoms with Crippen LogP contribution in [0.2, 0.25) is 0 Å². The fourth-order valence-electron chi connectivity index (χ4n) is 3.26. The van der Waals surface area contributed by atoms with E-state index in [0.29, 0.717) is 23.1 Å².